The number of carboxylic acids is 2. The molecule has 0 saturated heterocycles. The number of hydrogen-bond acceptors (Lipinski definition) is 10. The molecular weight excluding hydrogens is 559 g/mol. The smallest absolute Gasteiger partial charge is 0.317 e. The van der Waals surface area contributed by atoms with Crippen molar-refractivity contribution in [3.8, 4) is 0 Å². The van der Waals surface area contributed by atoms with Crippen molar-refractivity contribution in [2.45, 2.75) is 56.5 Å². The summed E-state index contributed by atoms with van der Waals surface area (Å²) >= 11 is 24.8. The van der Waals surface area contributed by atoms with Crippen LogP contribution in [0.15, 0.2) is 4.99 Å². The summed E-state index contributed by atoms with van der Waals surface area (Å²) < 4.78 is 1.30. The molecule has 0 aromatic heterocycles. The van der Waals surface area contributed by atoms with Crippen molar-refractivity contribution in [1.82, 2.24) is 10.6 Å². The fraction of sp³-hybridized carbons (Fsp3) is 0.737. The number of nitrogens with zero attached hydrogens (tertiary/aromatic N) is 1. The SMILES string of the molecule is C.CN=C=S.CNC(=S)SCCCCC(SC(=S)NC)C(=O)O.O=C(O)C(S)CCCCS. The first-order valence-electron chi connectivity index (χ1n) is 9.54. The molecule has 0 aromatic carbocycles. The Labute approximate surface area is 234 Å². The van der Waals surface area contributed by atoms with Gasteiger partial charge in [-0.05, 0) is 43.7 Å². The van der Waals surface area contributed by atoms with Crippen molar-refractivity contribution in [3.63, 3.8) is 0 Å². The molecule has 33 heavy (non-hydrogen) atoms. The highest BCUT2D eigenvalue weighted by Gasteiger charge is 2.19. The van der Waals surface area contributed by atoms with Gasteiger partial charge in [0.2, 0.25) is 0 Å². The van der Waals surface area contributed by atoms with Crippen molar-refractivity contribution in [3.05, 3.63) is 0 Å². The van der Waals surface area contributed by atoms with E-state index in [4.69, 9.17) is 34.6 Å². The second-order valence-corrected chi connectivity index (χ2v) is 10.7. The molecular formula is C19H37N3O4S7. The van der Waals surface area contributed by atoms with Crippen LogP contribution in [0.5, 0.6) is 0 Å². The molecule has 0 aliphatic carbocycles. The maximum atomic E-state index is 11.0. The third-order valence-corrected chi connectivity index (χ3v) is 7.42. The fourth-order valence-electron chi connectivity index (χ4n) is 1.66. The van der Waals surface area contributed by atoms with E-state index < -0.39 is 22.4 Å². The second-order valence-electron chi connectivity index (χ2n) is 5.75. The minimum atomic E-state index is -0.831. The van der Waals surface area contributed by atoms with E-state index in [0.29, 0.717) is 17.2 Å². The zero-order valence-electron chi connectivity index (χ0n) is 18.4. The summed E-state index contributed by atoms with van der Waals surface area (Å²) in [6, 6.07) is 0. The summed E-state index contributed by atoms with van der Waals surface area (Å²) in [7, 11) is 5.09. The number of thiol groups is 2. The van der Waals surface area contributed by atoms with Crippen LogP contribution < -0.4 is 10.6 Å². The normalized spacial score (nSPS) is 10.8. The Kier molecular flexibility index (Phi) is 36.4. The van der Waals surface area contributed by atoms with Gasteiger partial charge in [0.15, 0.2) is 0 Å². The zero-order chi connectivity index (χ0) is 25.4. The molecule has 0 amide bonds. The summed E-state index contributed by atoms with van der Waals surface area (Å²) in [4.78, 5) is 24.5. The van der Waals surface area contributed by atoms with Gasteiger partial charge in [-0.15, -0.1) is 0 Å². The van der Waals surface area contributed by atoms with Crippen molar-refractivity contribution >= 4 is 111 Å². The van der Waals surface area contributed by atoms with Crippen LogP contribution >= 0.6 is 85.4 Å². The Morgan fingerprint density at radius 2 is 1.55 bits per heavy atom. The van der Waals surface area contributed by atoms with Gasteiger partial charge in [-0.1, -0.05) is 68.2 Å². The van der Waals surface area contributed by atoms with E-state index in [1.807, 2.05) is 0 Å². The molecule has 0 radical (unpaired) electrons. The predicted molar refractivity (Wildman–Crippen MR) is 164 cm³/mol. The Balaban J connectivity index is -0.000000236. The summed E-state index contributed by atoms with van der Waals surface area (Å²) in [5, 5.41) is 24.3. The number of nitrogens with one attached hydrogen (secondary N) is 2. The lowest BCUT2D eigenvalue weighted by atomic mass is 10.2. The summed E-state index contributed by atoms with van der Waals surface area (Å²) in [6.45, 7) is 0. The second kappa shape index (κ2) is 30.0. The molecule has 0 aromatic rings. The molecule has 0 saturated carbocycles. The standard InChI is InChI=1S/C10H18N2O2S4.C6H12O2S2.C2H3NS.CH4/c1-11-9(15)17-6-4-3-5-7(8(13)14)18-10(16)12-2;7-6(8)5(10)3-1-2-4-9;1-3-2-4;/h7H,3-6H2,1-2H3,(H,11,15)(H,12,16)(H,13,14);5,9-10H,1-4H2,(H,7,8);1H3;1H4. The lowest BCUT2D eigenvalue weighted by molar-refractivity contribution is -0.137. The van der Waals surface area contributed by atoms with Crippen LogP contribution in [0.2, 0.25) is 0 Å². The van der Waals surface area contributed by atoms with E-state index in [9.17, 15) is 9.59 Å². The molecule has 0 aliphatic heterocycles. The first-order valence-corrected chi connectivity index (χ1v) is 13.8. The van der Waals surface area contributed by atoms with Gasteiger partial charge in [0.1, 0.15) is 13.9 Å². The van der Waals surface area contributed by atoms with Crippen LogP contribution in [0.1, 0.15) is 46.0 Å². The Hall–Kier alpha value is -0.0800. The van der Waals surface area contributed by atoms with Gasteiger partial charge in [-0.2, -0.15) is 25.3 Å². The first-order chi connectivity index (χ1) is 15.1. The lowest BCUT2D eigenvalue weighted by Crippen LogP contribution is -2.22. The molecule has 0 heterocycles. The number of thioether (sulfide) groups is 2. The third-order valence-electron chi connectivity index (χ3n) is 3.29. The van der Waals surface area contributed by atoms with Crippen LogP contribution in [0.3, 0.4) is 0 Å². The van der Waals surface area contributed by atoms with Gasteiger partial charge < -0.3 is 20.8 Å². The first kappa shape index (κ1) is 40.1. The maximum Gasteiger partial charge on any atom is 0.317 e. The predicted octanol–water partition coefficient (Wildman–Crippen LogP) is 4.91. The fourth-order valence-corrected chi connectivity index (χ4v) is 4.11. The highest BCUT2D eigenvalue weighted by molar-refractivity contribution is 8.23. The minimum absolute atomic E-state index is 0. The number of thiocarbonyl (C=S) groups is 3. The molecule has 0 fully saturated rings. The van der Waals surface area contributed by atoms with Gasteiger partial charge in [-0.25, -0.2) is 4.99 Å². The van der Waals surface area contributed by atoms with Crippen molar-refractivity contribution < 1.29 is 19.8 Å². The molecule has 2 unspecified atom stereocenters. The van der Waals surface area contributed by atoms with Crippen molar-refractivity contribution in [1.29, 1.82) is 0 Å². The highest BCUT2D eigenvalue weighted by Crippen LogP contribution is 2.19. The minimum Gasteiger partial charge on any atom is -0.480 e. The van der Waals surface area contributed by atoms with Crippen LogP contribution in [0.4, 0.5) is 0 Å². The molecule has 7 nitrogen and oxygen atoms in total. The van der Waals surface area contributed by atoms with Gasteiger partial charge in [0.25, 0.3) is 0 Å². The third kappa shape index (κ3) is 31.9. The number of carbonyl (C=O) groups is 2. The molecule has 4 N–H and O–H groups in total. The van der Waals surface area contributed by atoms with E-state index in [1.54, 1.807) is 32.9 Å². The van der Waals surface area contributed by atoms with Crippen LogP contribution in [0, 0.1) is 0 Å². The summed E-state index contributed by atoms with van der Waals surface area (Å²) in [5.41, 5.74) is 0. The van der Waals surface area contributed by atoms with Crippen LogP contribution in [-0.2, 0) is 9.59 Å². The molecule has 2 atom stereocenters. The average Bonchev–Trinajstić information content (AvgIpc) is 2.77. The average molecular weight is 596 g/mol. The number of carboxylic acid groups (broad SMARTS) is 2. The Bertz CT molecular complexity index is 592. The largest absolute Gasteiger partial charge is 0.480 e. The highest BCUT2D eigenvalue weighted by atomic mass is 32.2. The number of rotatable bonds is 12. The lowest BCUT2D eigenvalue weighted by Gasteiger charge is -2.12. The van der Waals surface area contributed by atoms with Crippen molar-refractivity contribution in [2.24, 2.45) is 4.99 Å². The Morgan fingerprint density at radius 3 is 1.94 bits per heavy atom. The van der Waals surface area contributed by atoms with E-state index in [0.717, 1.165) is 41.5 Å². The summed E-state index contributed by atoms with van der Waals surface area (Å²) in [6.07, 6.45) is 4.92. The van der Waals surface area contributed by atoms with E-state index in [1.165, 1.54) is 11.8 Å². The molecule has 0 aliphatic rings. The number of unbranched alkanes of at least 4 members (excludes halogenated alkanes) is 2. The molecule has 0 bridgehead atoms. The number of aliphatic imine (C=N–C) groups is 1. The monoisotopic (exact) mass is 595 g/mol. The summed E-state index contributed by atoms with van der Waals surface area (Å²) in [5.74, 6) is 0.0892. The Morgan fingerprint density at radius 1 is 1.03 bits per heavy atom. The molecule has 0 spiro atoms. The number of aliphatic carboxylic acids is 2. The number of isothiocyanates is 1. The van der Waals surface area contributed by atoms with E-state index in [2.05, 4.69) is 58.3 Å². The van der Waals surface area contributed by atoms with Gasteiger partial charge >= 0.3 is 11.9 Å². The number of hydrogen-bond donors (Lipinski definition) is 6. The van der Waals surface area contributed by atoms with Crippen LogP contribution in [-0.4, -0.2) is 79.1 Å². The topological polar surface area (TPSA) is 111 Å². The van der Waals surface area contributed by atoms with Gasteiger partial charge in [0, 0.05) is 26.9 Å². The van der Waals surface area contributed by atoms with Crippen LogP contribution in [0.25, 0.3) is 0 Å². The van der Waals surface area contributed by atoms with Gasteiger partial charge in [-0.3, -0.25) is 9.59 Å². The van der Waals surface area contributed by atoms with E-state index in [-0.39, 0.29) is 7.43 Å². The molecule has 194 valence electrons. The quantitative estimate of drug-likeness (QED) is 0.0801. The molecule has 0 rings (SSSR count). The zero-order valence-corrected chi connectivity index (χ0v) is 24.3. The van der Waals surface area contributed by atoms with Crippen molar-refractivity contribution in [2.75, 3.05) is 32.6 Å². The van der Waals surface area contributed by atoms with Gasteiger partial charge in [0.05, 0.1) is 10.4 Å². The maximum absolute atomic E-state index is 11.0. The van der Waals surface area contributed by atoms with E-state index >= 15 is 0 Å². The molecule has 14 heteroatoms.